The number of benzene rings is 2. The molecule has 0 bridgehead atoms. The van der Waals surface area contributed by atoms with Crippen molar-refractivity contribution < 1.29 is 19.1 Å². The Morgan fingerprint density at radius 2 is 1.96 bits per heavy atom. The van der Waals surface area contributed by atoms with E-state index in [1.165, 1.54) is 19.4 Å². The first-order valence-electron chi connectivity index (χ1n) is 8.31. The summed E-state index contributed by atoms with van der Waals surface area (Å²) in [5.41, 5.74) is 0.836. The van der Waals surface area contributed by atoms with Crippen molar-refractivity contribution in [3.63, 3.8) is 0 Å². The molecular weight excluding hydrogens is 348 g/mol. The molecule has 0 unspecified atom stereocenters. The fraction of sp³-hybridized carbons (Fsp3) is 0.150. The number of pyridine rings is 1. The zero-order valence-corrected chi connectivity index (χ0v) is 14.9. The number of aromatic amines is 1. The minimum absolute atomic E-state index is 0.0442. The molecule has 0 saturated carbocycles. The molecule has 3 rings (SSSR count). The van der Waals surface area contributed by atoms with E-state index in [4.69, 9.17) is 9.47 Å². The van der Waals surface area contributed by atoms with Gasteiger partial charge in [0.1, 0.15) is 11.3 Å². The van der Waals surface area contributed by atoms with E-state index in [2.05, 4.69) is 10.3 Å². The first kappa shape index (κ1) is 18.2. The topological polar surface area (TPSA) is 97.5 Å². The number of carbonyl (C=O) groups is 2. The summed E-state index contributed by atoms with van der Waals surface area (Å²) in [4.78, 5) is 40.0. The fourth-order valence-corrected chi connectivity index (χ4v) is 2.63. The second-order valence-corrected chi connectivity index (χ2v) is 5.70. The Morgan fingerprint density at radius 1 is 1.15 bits per heavy atom. The molecule has 7 nitrogen and oxygen atoms in total. The summed E-state index contributed by atoms with van der Waals surface area (Å²) in [5, 5.41) is 2.98. The highest BCUT2D eigenvalue weighted by molar-refractivity contribution is 6.06. The van der Waals surface area contributed by atoms with Gasteiger partial charge in [-0.15, -0.1) is 0 Å². The Balaban J connectivity index is 1.90. The van der Waals surface area contributed by atoms with Crippen LogP contribution in [0.4, 0.5) is 5.69 Å². The lowest BCUT2D eigenvalue weighted by atomic mass is 10.1. The Hall–Kier alpha value is -3.61. The lowest BCUT2D eigenvalue weighted by molar-refractivity contribution is 0.0526. The smallest absolute Gasteiger partial charge is 0.338 e. The van der Waals surface area contributed by atoms with Crippen LogP contribution in [-0.2, 0) is 4.74 Å². The van der Waals surface area contributed by atoms with Crippen molar-refractivity contribution in [2.45, 2.75) is 6.92 Å². The number of ether oxygens (including phenoxy) is 2. The summed E-state index contributed by atoms with van der Waals surface area (Å²) in [6, 6.07) is 11.3. The minimum atomic E-state index is -0.582. The Labute approximate surface area is 154 Å². The molecule has 0 aliphatic heterocycles. The Morgan fingerprint density at radius 3 is 2.70 bits per heavy atom. The largest absolute Gasteiger partial charge is 0.497 e. The number of hydrogen-bond donors (Lipinski definition) is 2. The van der Waals surface area contributed by atoms with Gasteiger partial charge in [0, 0.05) is 22.8 Å². The molecule has 0 atom stereocenters. The summed E-state index contributed by atoms with van der Waals surface area (Å²) in [6.07, 6.45) is 1.36. The van der Waals surface area contributed by atoms with Gasteiger partial charge in [-0.3, -0.25) is 9.59 Å². The van der Waals surface area contributed by atoms with Gasteiger partial charge < -0.3 is 19.8 Å². The highest BCUT2D eigenvalue weighted by Crippen LogP contribution is 2.17. The SMILES string of the molecule is CCOC(=O)c1cccc(NC(=O)c2c[nH]c3ccc(OC)cc3c2=O)c1. The van der Waals surface area contributed by atoms with Gasteiger partial charge in [0.15, 0.2) is 0 Å². The first-order valence-corrected chi connectivity index (χ1v) is 8.31. The third-order valence-electron chi connectivity index (χ3n) is 3.96. The van der Waals surface area contributed by atoms with Crippen molar-refractivity contribution in [3.8, 4) is 5.75 Å². The molecule has 3 aromatic rings. The molecule has 2 aromatic carbocycles. The predicted molar refractivity (Wildman–Crippen MR) is 101 cm³/mol. The number of hydrogen-bond acceptors (Lipinski definition) is 5. The summed E-state index contributed by atoms with van der Waals surface area (Å²) in [5.74, 6) is -0.543. The molecule has 1 heterocycles. The number of H-pyrrole nitrogens is 1. The van der Waals surface area contributed by atoms with Crippen LogP contribution in [0.1, 0.15) is 27.6 Å². The van der Waals surface area contributed by atoms with Crippen LogP contribution in [0.3, 0.4) is 0 Å². The number of anilines is 1. The van der Waals surface area contributed by atoms with E-state index >= 15 is 0 Å². The van der Waals surface area contributed by atoms with E-state index < -0.39 is 17.3 Å². The maximum Gasteiger partial charge on any atom is 0.338 e. The summed E-state index contributed by atoms with van der Waals surface area (Å²) in [6.45, 7) is 1.97. The van der Waals surface area contributed by atoms with Crippen LogP contribution in [0.5, 0.6) is 5.75 Å². The highest BCUT2D eigenvalue weighted by Gasteiger charge is 2.15. The normalized spacial score (nSPS) is 10.4. The molecule has 0 aliphatic carbocycles. The number of esters is 1. The molecule has 0 aliphatic rings. The third kappa shape index (κ3) is 3.82. The Bertz CT molecular complexity index is 1070. The van der Waals surface area contributed by atoms with Crippen molar-refractivity contribution >= 4 is 28.5 Å². The van der Waals surface area contributed by atoms with Crippen LogP contribution < -0.4 is 15.5 Å². The van der Waals surface area contributed by atoms with Gasteiger partial charge in [-0.05, 0) is 43.3 Å². The highest BCUT2D eigenvalue weighted by atomic mass is 16.5. The van der Waals surface area contributed by atoms with Crippen LogP contribution in [-0.4, -0.2) is 30.6 Å². The zero-order valence-electron chi connectivity index (χ0n) is 14.9. The average molecular weight is 366 g/mol. The number of methoxy groups -OCH3 is 1. The monoisotopic (exact) mass is 366 g/mol. The van der Waals surface area contributed by atoms with Gasteiger partial charge in [-0.25, -0.2) is 4.79 Å². The van der Waals surface area contributed by atoms with Crippen LogP contribution in [0.2, 0.25) is 0 Å². The zero-order chi connectivity index (χ0) is 19.4. The maximum atomic E-state index is 12.7. The van der Waals surface area contributed by atoms with E-state index in [9.17, 15) is 14.4 Å². The number of rotatable bonds is 5. The van der Waals surface area contributed by atoms with E-state index in [1.54, 1.807) is 43.3 Å². The van der Waals surface area contributed by atoms with Crippen molar-refractivity contribution in [1.29, 1.82) is 0 Å². The number of fused-ring (bicyclic) bond motifs is 1. The van der Waals surface area contributed by atoms with E-state index in [1.807, 2.05) is 0 Å². The quantitative estimate of drug-likeness (QED) is 0.677. The fourth-order valence-electron chi connectivity index (χ4n) is 2.63. The standard InChI is InChI=1S/C20H18N2O5/c1-3-27-20(25)12-5-4-6-13(9-12)22-19(24)16-11-21-17-8-7-14(26-2)10-15(17)18(16)23/h4-11H,3H2,1-2H3,(H,21,23)(H,22,24). The van der Waals surface area contributed by atoms with Crippen molar-refractivity contribution in [1.82, 2.24) is 4.98 Å². The van der Waals surface area contributed by atoms with E-state index in [0.29, 0.717) is 27.9 Å². The van der Waals surface area contributed by atoms with Gasteiger partial charge in [0.05, 0.1) is 19.3 Å². The molecule has 0 spiro atoms. The van der Waals surface area contributed by atoms with E-state index in [0.717, 1.165) is 0 Å². The number of aromatic nitrogens is 1. The third-order valence-corrected chi connectivity index (χ3v) is 3.96. The molecule has 138 valence electrons. The summed E-state index contributed by atoms with van der Waals surface area (Å²) in [7, 11) is 1.50. The lowest BCUT2D eigenvalue weighted by Gasteiger charge is -2.08. The van der Waals surface area contributed by atoms with E-state index in [-0.39, 0.29) is 12.2 Å². The van der Waals surface area contributed by atoms with Gasteiger partial charge >= 0.3 is 5.97 Å². The molecular formula is C20H18N2O5. The van der Waals surface area contributed by atoms with Crippen LogP contribution in [0.25, 0.3) is 10.9 Å². The first-order chi connectivity index (χ1) is 13.0. The second kappa shape index (κ2) is 7.74. The van der Waals surface area contributed by atoms with Gasteiger partial charge in [0.2, 0.25) is 5.43 Å². The Kier molecular flexibility index (Phi) is 5.21. The number of nitrogens with one attached hydrogen (secondary N) is 2. The number of carbonyl (C=O) groups excluding carboxylic acids is 2. The minimum Gasteiger partial charge on any atom is -0.497 e. The molecule has 1 amide bonds. The molecule has 7 heteroatoms. The molecule has 0 saturated heterocycles. The van der Waals surface area contributed by atoms with Gasteiger partial charge in [0.25, 0.3) is 5.91 Å². The summed E-state index contributed by atoms with van der Waals surface area (Å²) >= 11 is 0. The van der Waals surface area contributed by atoms with Crippen molar-refractivity contribution in [2.24, 2.45) is 0 Å². The maximum absolute atomic E-state index is 12.7. The molecule has 27 heavy (non-hydrogen) atoms. The molecule has 0 fully saturated rings. The van der Waals surface area contributed by atoms with Crippen LogP contribution >= 0.6 is 0 Å². The molecule has 2 N–H and O–H groups in total. The van der Waals surface area contributed by atoms with Gasteiger partial charge in [-0.1, -0.05) is 6.07 Å². The molecule has 1 aromatic heterocycles. The second-order valence-electron chi connectivity index (χ2n) is 5.70. The lowest BCUT2D eigenvalue weighted by Crippen LogP contribution is -2.22. The predicted octanol–water partition coefficient (Wildman–Crippen LogP) is 2.97. The average Bonchev–Trinajstić information content (AvgIpc) is 2.68. The molecule has 0 radical (unpaired) electrons. The number of amides is 1. The van der Waals surface area contributed by atoms with Crippen molar-refractivity contribution in [2.75, 3.05) is 19.0 Å². The summed E-state index contributed by atoms with van der Waals surface area (Å²) < 4.78 is 10.1. The van der Waals surface area contributed by atoms with Crippen molar-refractivity contribution in [3.05, 3.63) is 70.0 Å². The van der Waals surface area contributed by atoms with Crippen LogP contribution in [0, 0.1) is 0 Å². The van der Waals surface area contributed by atoms with Crippen LogP contribution in [0.15, 0.2) is 53.5 Å². The van der Waals surface area contributed by atoms with Gasteiger partial charge in [-0.2, -0.15) is 0 Å².